The average molecular weight is 391 g/mol. The Morgan fingerprint density at radius 1 is 0.767 bits per heavy atom. The van der Waals surface area contributed by atoms with Gasteiger partial charge in [-0.3, -0.25) is 4.79 Å². The van der Waals surface area contributed by atoms with Gasteiger partial charge in [0.2, 0.25) is 0 Å². The Morgan fingerprint density at radius 2 is 1.50 bits per heavy atom. The van der Waals surface area contributed by atoms with Crippen LogP contribution < -0.4 is 4.73 Å². The number of benzene rings is 4. The Kier molecular flexibility index (Phi) is 4.18. The maximum Gasteiger partial charge on any atom is 0.188 e. The molecular weight excluding hydrogens is 374 g/mol. The van der Waals surface area contributed by atoms with Crippen LogP contribution in [0, 0.1) is 5.21 Å². The maximum absolute atomic E-state index is 12.3. The minimum Gasteiger partial charge on any atom is -0.619 e. The molecule has 4 aromatic carbocycles. The monoisotopic (exact) mass is 391 g/mol. The fourth-order valence-electron chi connectivity index (χ4n) is 4.06. The molecule has 1 heterocycles. The Balaban J connectivity index is 1.88. The molecule has 0 atom stereocenters. The molecule has 1 N–H and O–H groups in total. The highest BCUT2D eigenvalue weighted by molar-refractivity contribution is 6.10. The molecule has 0 spiro atoms. The second kappa shape index (κ2) is 7.01. The Labute approximate surface area is 172 Å². The molecule has 0 fully saturated rings. The fourth-order valence-corrected chi connectivity index (χ4v) is 4.06. The number of carbonyl (C=O) groups is 1. The average Bonchev–Trinajstić information content (AvgIpc) is 2.78. The first-order valence-corrected chi connectivity index (χ1v) is 9.58. The summed E-state index contributed by atoms with van der Waals surface area (Å²) < 4.78 is 0.837. The molecule has 144 valence electrons. The number of rotatable bonds is 3. The molecular formula is C26H17NO3. The third-order valence-corrected chi connectivity index (χ3v) is 5.43. The van der Waals surface area contributed by atoms with Gasteiger partial charge in [-0.2, -0.15) is 4.73 Å². The number of pyridine rings is 1. The topological polar surface area (TPSA) is 64.2 Å². The van der Waals surface area contributed by atoms with Crippen LogP contribution in [0.15, 0.2) is 91.3 Å². The van der Waals surface area contributed by atoms with Gasteiger partial charge in [-0.15, -0.1) is 0 Å². The van der Waals surface area contributed by atoms with Crippen molar-refractivity contribution in [2.45, 2.75) is 0 Å². The van der Waals surface area contributed by atoms with Gasteiger partial charge in [0.05, 0.1) is 11.1 Å². The van der Waals surface area contributed by atoms with Gasteiger partial charge in [-0.1, -0.05) is 60.7 Å². The van der Waals surface area contributed by atoms with Gasteiger partial charge >= 0.3 is 0 Å². The summed E-state index contributed by atoms with van der Waals surface area (Å²) >= 11 is 0. The zero-order valence-electron chi connectivity index (χ0n) is 15.9. The lowest BCUT2D eigenvalue weighted by atomic mass is 9.90. The summed E-state index contributed by atoms with van der Waals surface area (Å²) in [5.41, 5.74) is 3.77. The molecule has 0 radical (unpaired) electrons. The third kappa shape index (κ3) is 2.86. The summed E-state index contributed by atoms with van der Waals surface area (Å²) in [6.07, 6.45) is 3.82. The quantitative estimate of drug-likeness (QED) is 0.252. The van der Waals surface area contributed by atoms with Gasteiger partial charge in [0.1, 0.15) is 5.75 Å². The zero-order valence-corrected chi connectivity index (χ0v) is 15.9. The van der Waals surface area contributed by atoms with E-state index in [4.69, 9.17) is 0 Å². The fraction of sp³-hybridized carbons (Fsp3) is 0. The molecule has 1 aromatic heterocycles. The molecule has 5 aromatic rings. The largest absolute Gasteiger partial charge is 0.619 e. The number of aromatic hydroxyl groups is 1. The van der Waals surface area contributed by atoms with E-state index in [1.807, 2.05) is 60.7 Å². The minimum absolute atomic E-state index is 0.0457. The van der Waals surface area contributed by atoms with E-state index in [1.165, 1.54) is 6.07 Å². The van der Waals surface area contributed by atoms with Crippen molar-refractivity contribution in [1.29, 1.82) is 0 Å². The molecule has 0 aliphatic rings. The van der Waals surface area contributed by atoms with E-state index in [0.29, 0.717) is 6.29 Å². The number of phenols is 1. The SMILES string of the molecule is O=Cc1cc(-c2cccc3cccc(-c4c[n+]([O-])cc5ccccc45)c23)ccc1O. The highest BCUT2D eigenvalue weighted by Gasteiger charge is 2.15. The van der Waals surface area contributed by atoms with Gasteiger partial charge in [-0.25, -0.2) is 0 Å². The van der Waals surface area contributed by atoms with Crippen LogP contribution >= 0.6 is 0 Å². The molecule has 0 amide bonds. The summed E-state index contributed by atoms with van der Waals surface area (Å²) in [5.74, 6) is -0.0457. The van der Waals surface area contributed by atoms with Gasteiger partial charge in [-0.05, 0) is 45.7 Å². The number of phenolic OH excluding ortho intramolecular Hbond substituents is 1. The van der Waals surface area contributed by atoms with Crippen LogP contribution in [-0.2, 0) is 0 Å². The number of aldehydes is 1. The molecule has 4 nitrogen and oxygen atoms in total. The van der Waals surface area contributed by atoms with Crippen LogP contribution in [0.5, 0.6) is 5.75 Å². The van der Waals surface area contributed by atoms with E-state index in [2.05, 4.69) is 0 Å². The number of aromatic nitrogens is 1. The van der Waals surface area contributed by atoms with Crippen LogP contribution in [0.2, 0.25) is 0 Å². The summed E-state index contributed by atoms with van der Waals surface area (Å²) in [6, 6.07) is 24.8. The molecule has 0 aliphatic heterocycles. The second-order valence-corrected chi connectivity index (χ2v) is 7.22. The van der Waals surface area contributed by atoms with E-state index in [0.717, 1.165) is 48.5 Å². The lowest BCUT2D eigenvalue weighted by Crippen LogP contribution is -2.24. The Bertz CT molecular complexity index is 1430. The van der Waals surface area contributed by atoms with Crippen molar-refractivity contribution in [3.05, 3.63) is 102 Å². The van der Waals surface area contributed by atoms with Crippen LogP contribution in [0.3, 0.4) is 0 Å². The summed E-state index contributed by atoms with van der Waals surface area (Å²) in [5, 5.41) is 26.1. The first kappa shape index (κ1) is 17.9. The summed E-state index contributed by atoms with van der Waals surface area (Å²) in [6.45, 7) is 0. The molecule has 0 bridgehead atoms. The Hall–Kier alpha value is -4.18. The van der Waals surface area contributed by atoms with Gasteiger partial charge in [0.25, 0.3) is 0 Å². The van der Waals surface area contributed by atoms with Crippen molar-refractivity contribution in [2.75, 3.05) is 0 Å². The molecule has 5 rings (SSSR count). The van der Waals surface area contributed by atoms with Crippen LogP contribution in [0.4, 0.5) is 0 Å². The molecule has 0 saturated carbocycles. The number of fused-ring (bicyclic) bond motifs is 2. The molecule has 0 unspecified atom stereocenters. The van der Waals surface area contributed by atoms with E-state index in [1.54, 1.807) is 24.5 Å². The number of nitrogens with zero attached hydrogens (tertiary/aromatic N) is 1. The third-order valence-electron chi connectivity index (χ3n) is 5.43. The van der Waals surface area contributed by atoms with Gasteiger partial charge in [0, 0.05) is 10.8 Å². The summed E-state index contributed by atoms with van der Waals surface area (Å²) in [4.78, 5) is 11.3. The first-order valence-electron chi connectivity index (χ1n) is 9.58. The normalized spacial score (nSPS) is 11.1. The second-order valence-electron chi connectivity index (χ2n) is 7.22. The predicted octanol–water partition coefficient (Wildman–Crippen LogP) is 5.48. The van der Waals surface area contributed by atoms with E-state index < -0.39 is 0 Å². The minimum atomic E-state index is -0.0457. The molecule has 0 aliphatic carbocycles. The molecule has 0 saturated heterocycles. The van der Waals surface area contributed by atoms with Crippen molar-refractivity contribution < 1.29 is 14.6 Å². The smallest absolute Gasteiger partial charge is 0.188 e. The van der Waals surface area contributed by atoms with Crippen molar-refractivity contribution >= 4 is 27.8 Å². The lowest BCUT2D eigenvalue weighted by molar-refractivity contribution is -0.603. The van der Waals surface area contributed by atoms with E-state index in [-0.39, 0.29) is 11.3 Å². The summed E-state index contributed by atoms with van der Waals surface area (Å²) in [7, 11) is 0. The molecule has 30 heavy (non-hydrogen) atoms. The predicted molar refractivity (Wildman–Crippen MR) is 118 cm³/mol. The van der Waals surface area contributed by atoms with Gasteiger partial charge < -0.3 is 10.3 Å². The zero-order chi connectivity index (χ0) is 20.7. The van der Waals surface area contributed by atoms with Crippen LogP contribution in [0.25, 0.3) is 43.8 Å². The lowest BCUT2D eigenvalue weighted by Gasteiger charge is -2.14. The molecule has 4 heteroatoms. The number of hydrogen-bond acceptors (Lipinski definition) is 3. The van der Waals surface area contributed by atoms with Crippen molar-refractivity contribution in [2.24, 2.45) is 0 Å². The van der Waals surface area contributed by atoms with Gasteiger partial charge in [0.15, 0.2) is 18.7 Å². The number of hydrogen-bond donors (Lipinski definition) is 1. The van der Waals surface area contributed by atoms with Crippen LogP contribution in [0.1, 0.15) is 10.4 Å². The highest BCUT2D eigenvalue weighted by atomic mass is 16.5. The van der Waals surface area contributed by atoms with Crippen molar-refractivity contribution in [1.82, 2.24) is 0 Å². The van der Waals surface area contributed by atoms with Crippen LogP contribution in [-0.4, -0.2) is 11.4 Å². The van der Waals surface area contributed by atoms with Crippen molar-refractivity contribution in [3.8, 4) is 28.0 Å². The first-order chi connectivity index (χ1) is 14.7. The van der Waals surface area contributed by atoms with E-state index >= 15 is 0 Å². The maximum atomic E-state index is 12.3. The highest BCUT2D eigenvalue weighted by Crippen LogP contribution is 2.39. The standard InChI is InChI=1S/C26H17NO3/c28-16-20-13-18(11-12-25(20)29)22-9-3-6-17-7-4-10-23(26(17)22)24-15-27(30)14-19-5-1-2-8-21(19)24/h1-16,29H. The Morgan fingerprint density at radius 3 is 2.30 bits per heavy atom. The van der Waals surface area contributed by atoms with Crippen molar-refractivity contribution in [3.63, 3.8) is 0 Å². The van der Waals surface area contributed by atoms with E-state index in [9.17, 15) is 15.1 Å². The number of carbonyl (C=O) groups excluding carboxylic acids is 1.